The van der Waals surface area contributed by atoms with Gasteiger partial charge in [-0.3, -0.25) is 0 Å². The fourth-order valence-electron chi connectivity index (χ4n) is 1.68. The van der Waals surface area contributed by atoms with Gasteiger partial charge in [-0.15, -0.1) is 0 Å². The van der Waals surface area contributed by atoms with E-state index >= 15 is 0 Å². The highest BCUT2D eigenvalue weighted by atomic mass is 79.9. The van der Waals surface area contributed by atoms with Gasteiger partial charge in [0.05, 0.1) is 0 Å². The van der Waals surface area contributed by atoms with Crippen molar-refractivity contribution in [2.24, 2.45) is 0 Å². The van der Waals surface area contributed by atoms with E-state index < -0.39 is 0 Å². The lowest BCUT2D eigenvalue weighted by Gasteiger charge is -2.21. The molecule has 0 fully saturated rings. The van der Waals surface area contributed by atoms with E-state index in [2.05, 4.69) is 70.2 Å². The lowest BCUT2D eigenvalue weighted by atomic mass is 10.1. The molecule has 1 aromatic heterocycles. The molecule has 1 N–H and O–H groups in total. The third-order valence-electron chi connectivity index (χ3n) is 2.82. The van der Waals surface area contributed by atoms with Crippen molar-refractivity contribution < 1.29 is 0 Å². The van der Waals surface area contributed by atoms with Crippen molar-refractivity contribution in [2.75, 3.05) is 0 Å². The van der Waals surface area contributed by atoms with Crippen LogP contribution in [-0.4, -0.2) is 15.5 Å². The second kappa shape index (κ2) is 6.90. The van der Waals surface area contributed by atoms with E-state index in [9.17, 15) is 0 Å². The van der Waals surface area contributed by atoms with Crippen LogP contribution in [0, 0.1) is 6.92 Å². The minimum Gasteiger partial charge on any atom is -0.308 e. The van der Waals surface area contributed by atoms with Gasteiger partial charge in [-0.25, -0.2) is 9.97 Å². The van der Waals surface area contributed by atoms with Gasteiger partial charge in [0.1, 0.15) is 0 Å². The molecule has 2 rings (SSSR count). The highest BCUT2D eigenvalue weighted by molar-refractivity contribution is 9.10. The summed E-state index contributed by atoms with van der Waals surface area (Å²) < 4.78 is 1.11. The largest absolute Gasteiger partial charge is 0.308 e. The maximum atomic E-state index is 4.41. The summed E-state index contributed by atoms with van der Waals surface area (Å²) in [5, 5.41) is 4.27. The van der Waals surface area contributed by atoms with Gasteiger partial charge in [-0.1, -0.05) is 22.0 Å². The Bertz CT molecular complexity index is 623. The molecule has 0 aliphatic carbocycles. The quantitative estimate of drug-likeness (QED) is 0.804. The summed E-state index contributed by atoms with van der Waals surface area (Å²) in [6.07, 6.45) is 1.79. The number of halogens is 1. The molecule has 0 aliphatic heterocycles. The minimum absolute atomic E-state index is 0.113. The van der Waals surface area contributed by atoms with Gasteiger partial charge in [0, 0.05) is 33.3 Å². The van der Waals surface area contributed by atoms with E-state index in [1.165, 1.54) is 5.56 Å². The summed E-state index contributed by atoms with van der Waals surface area (Å²) in [5.74, 6) is 0. The van der Waals surface area contributed by atoms with Crippen LogP contribution in [0.4, 0.5) is 0 Å². The molecular formula is C16H20BrN3S. The predicted molar refractivity (Wildman–Crippen MR) is 91.6 cm³/mol. The van der Waals surface area contributed by atoms with Crippen LogP contribution in [-0.2, 0) is 6.54 Å². The minimum atomic E-state index is 0.113. The molecule has 0 atom stereocenters. The summed E-state index contributed by atoms with van der Waals surface area (Å²) in [6, 6.07) is 8.28. The summed E-state index contributed by atoms with van der Waals surface area (Å²) >= 11 is 5.22. The fourth-order valence-corrected chi connectivity index (χ4v) is 3.17. The number of benzene rings is 1. The average molecular weight is 366 g/mol. The van der Waals surface area contributed by atoms with Crippen LogP contribution in [0.5, 0.6) is 0 Å². The predicted octanol–water partition coefficient (Wildman–Crippen LogP) is 4.59. The Morgan fingerprint density at radius 3 is 2.62 bits per heavy atom. The van der Waals surface area contributed by atoms with E-state index in [1.54, 1.807) is 18.0 Å². The van der Waals surface area contributed by atoms with Gasteiger partial charge < -0.3 is 5.32 Å². The van der Waals surface area contributed by atoms with Gasteiger partial charge >= 0.3 is 0 Å². The molecule has 5 heteroatoms. The lowest BCUT2D eigenvalue weighted by Crippen LogP contribution is -2.35. The lowest BCUT2D eigenvalue weighted by molar-refractivity contribution is 0.424. The number of aromatic nitrogens is 2. The smallest absolute Gasteiger partial charge is 0.192 e. The molecule has 1 aromatic carbocycles. The van der Waals surface area contributed by atoms with Crippen molar-refractivity contribution in [3.63, 3.8) is 0 Å². The number of nitrogens with zero attached hydrogens (tertiary/aromatic N) is 2. The van der Waals surface area contributed by atoms with Crippen molar-refractivity contribution in [1.29, 1.82) is 0 Å². The van der Waals surface area contributed by atoms with Crippen molar-refractivity contribution in [3.05, 3.63) is 46.2 Å². The molecule has 3 nitrogen and oxygen atoms in total. The van der Waals surface area contributed by atoms with Crippen LogP contribution in [0.15, 0.2) is 45.0 Å². The van der Waals surface area contributed by atoms with Crippen LogP contribution < -0.4 is 5.32 Å². The molecule has 0 amide bonds. The average Bonchev–Trinajstić information content (AvgIpc) is 2.36. The van der Waals surface area contributed by atoms with E-state index in [0.29, 0.717) is 0 Å². The third kappa shape index (κ3) is 5.41. The summed E-state index contributed by atoms with van der Waals surface area (Å²) in [6.45, 7) is 9.32. The van der Waals surface area contributed by atoms with Crippen LogP contribution in [0.3, 0.4) is 0 Å². The van der Waals surface area contributed by atoms with Gasteiger partial charge in [0.25, 0.3) is 0 Å². The zero-order chi connectivity index (χ0) is 15.5. The third-order valence-corrected chi connectivity index (χ3v) is 4.42. The molecule has 0 saturated carbocycles. The van der Waals surface area contributed by atoms with E-state index in [4.69, 9.17) is 0 Å². The molecule has 21 heavy (non-hydrogen) atoms. The number of nitrogens with one attached hydrogen (secondary N) is 1. The van der Waals surface area contributed by atoms with Gasteiger partial charge in [-0.2, -0.15) is 0 Å². The zero-order valence-corrected chi connectivity index (χ0v) is 15.2. The van der Waals surface area contributed by atoms with Crippen LogP contribution in [0.1, 0.15) is 32.0 Å². The molecule has 0 spiro atoms. The monoisotopic (exact) mass is 365 g/mol. The van der Waals surface area contributed by atoms with Crippen LogP contribution in [0.25, 0.3) is 0 Å². The maximum Gasteiger partial charge on any atom is 0.192 e. The topological polar surface area (TPSA) is 37.8 Å². The van der Waals surface area contributed by atoms with Crippen molar-refractivity contribution >= 4 is 27.7 Å². The maximum absolute atomic E-state index is 4.41. The standard InChI is InChI=1S/C16H20BrN3S/c1-11-7-8-18-15(20-11)21-13-6-5-12(14(17)9-13)10-19-16(2,3)4/h5-9,19H,10H2,1-4H3. The molecule has 0 bridgehead atoms. The van der Waals surface area contributed by atoms with E-state index in [0.717, 1.165) is 26.8 Å². The normalized spacial score (nSPS) is 11.7. The van der Waals surface area contributed by atoms with Crippen molar-refractivity contribution in [1.82, 2.24) is 15.3 Å². The first-order valence-corrected chi connectivity index (χ1v) is 8.45. The number of hydrogen-bond acceptors (Lipinski definition) is 4. The number of hydrogen-bond donors (Lipinski definition) is 1. The highest BCUT2D eigenvalue weighted by Gasteiger charge is 2.10. The Morgan fingerprint density at radius 1 is 1.24 bits per heavy atom. The van der Waals surface area contributed by atoms with Crippen molar-refractivity contribution in [3.8, 4) is 0 Å². The first kappa shape index (κ1) is 16.5. The molecule has 0 unspecified atom stereocenters. The molecule has 112 valence electrons. The Kier molecular flexibility index (Phi) is 5.41. The second-order valence-corrected chi connectivity index (χ2v) is 7.83. The van der Waals surface area contributed by atoms with Crippen LogP contribution in [0.2, 0.25) is 0 Å². The number of aryl methyl sites for hydroxylation is 1. The highest BCUT2D eigenvalue weighted by Crippen LogP contribution is 2.29. The Balaban J connectivity index is 2.08. The van der Waals surface area contributed by atoms with Gasteiger partial charge in [-0.05, 0) is 63.2 Å². The Morgan fingerprint density at radius 2 is 2.00 bits per heavy atom. The fraction of sp³-hybridized carbons (Fsp3) is 0.375. The van der Waals surface area contributed by atoms with Gasteiger partial charge in [0.15, 0.2) is 5.16 Å². The molecule has 0 saturated heterocycles. The first-order chi connectivity index (χ1) is 9.83. The zero-order valence-electron chi connectivity index (χ0n) is 12.8. The molecule has 0 radical (unpaired) electrons. The SMILES string of the molecule is Cc1ccnc(Sc2ccc(CNC(C)(C)C)c(Br)c2)n1. The van der Waals surface area contributed by atoms with Gasteiger partial charge in [0.2, 0.25) is 0 Å². The molecule has 1 heterocycles. The molecular weight excluding hydrogens is 346 g/mol. The summed E-state index contributed by atoms with van der Waals surface area (Å²) in [5.41, 5.74) is 2.35. The van der Waals surface area contributed by atoms with Crippen LogP contribution >= 0.6 is 27.7 Å². The summed E-state index contributed by atoms with van der Waals surface area (Å²) in [7, 11) is 0. The molecule has 0 aliphatic rings. The van der Waals surface area contributed by atoms with E-state index in [1.807, 2.05) is 13.0 Å². The Hall–Kier alpha value is -0.910. The van der Waals surface area contributed by atoms with Crippen molar-refractivity contribution in [2.45, 2.75) is 49.8 Å². The number of rotatable bonds is 4. The second-order valence-electron chi connectivity index (χ2n) is 5.94. The van der Waals surface area contributed by atoms with E-state index in [-0.39, 0.29) is 5.54 Å². The summed E-state index contributed by atoms with van der Waals surface area (Å²) in [4.78, 5) is 9.82. The first-order valence-electron chi connectivity index (χ1n) is 6.84. The molecule has 2 aromatic rings. The Labute approximate surface area is 139 Å².